The summed E-state index contributed by atoms with van der Waals surface area (Å²) in [6.45, 7) is 3.27. The third-order valence-corrected chi connectivity index (χ3v) is 2.82. The smallest absolute Gasteiger partial charge is 0.311 e. The van der Waals surface area contributed by atoms with Gasteiger partial charge in [0.25, 0.3) is 5.91 Å². The molecule has 7 nitrogen and oxygen atoms in total. The number of amides is 1. The summed E-state index contributed by atoms with van der Waals surface area (Å²) in [6.07, 6.45) is 0.310. The van der Waals surface area contributed by atoms with Crippen molar-refractivity contribution in [3.05, 3.63) is 33.9 Å². The first kappa shape index (κ1) is 15.6. The van der Waals surface area contributed by atoms with Crippen molar-refractivity contribution in [2.45, 2.75) is 26.3 Å². The molecule has 1 unspecified atom stereocenters. The highest BCUT2D eigenvalue weighted by molar-refractivity contribution is 5.98. The average Bonchev–Trinajstić information content (AvgIpc) is 2.45. The van der Waals surface area contributed by atoms with E-state index in [-0.39, 0.29) is 22.8 Å². The first-order valence-corrected chi connectivity index (χ1v) is 6.06. The van der Waals surface area contributed by atoms with Gasteiger partial charge in [0, 0.05) is 18.1 Å². The van der Waals surface area contributed by atoms with E-state index in [2.05, 4.69) is 5.32 Å². The van der Waals surface area contributed by atoms with Gasteiger partial charge < -0.3 is 10.1 Å². The van der Waals surface area contributed by atoms with Crippen LogP contribution in [0.2, 0.25) is 0 Å². The van der Waals surface area contributed by atoms with E-state index >= 15 is 0 Å². The standard InChI is InChI=1S/C13H16N2O5/c1-4-11(16)8(2)14-13(17)9-5-6-12(20-3)10(7-9)15(18)19/h5-8H,4H2,1-3H3,(H,14,17). The van der Waals surface area contributed by atoms with E-state index < -0.39 is 16.9 Å². The van der Waals surface area contributed by atoms with Crippen molar-refractivity contribution < 1.29 is 19.2 Å². The number of carbonyl (C=O) groups excluding carboxylic acids is 2. The number of ether oxygens (including phenoxy) is 1. The minimum Gasteiger partial charge on any atom is -0.490 e. The van der Waals surface area contributed by atoms with Crippen molar-refractivity contribution in [2.75, 3.05) is 7.11 Å². The Morgan fingerprint density at radius 2 is 2.10 bits per heavy atom. The van der Waals surface area contributed by atoms with Gasteiger partial charge in [-0.25, -0.2) is 0 Å². The summed E-state index contributed by atoms with van der Waals surface area (Å²) in [6, 6.07) is 3.25. The topological polar surface area (TPSA) is 98.5 Å². The van der Waals surface area contributed by atoms with Crippen LogP contribution in [0.15, 0.2) is 18.2 Å². The summed E-state index contributed by atoms with van der Waals surface area (Å²) in [5.74, 6) is -0.573. The summed E-state index contributed by atoms with van der Waals surface area (Å²) >= 11 is 0. The second-order valence-electron chi connectivity index (χ2n) is 4.16. The highest BCUT2D eigenvalue weighted by atomic mass is 16.6. The fourth-order valence-corrected chi connectivity index (χ4v) is 1.64. The number of carbonyl (C=O) groups is 2. The quantitative estimate of drug-likeness (QED) is 0.631. The number of benzene rings is 1. The number of nitro benzene ring substituents is 1. The second kappa shape index (κ2) is 6.65. The highest BCUT2D eigenvalue weighted by Crippen LogP contribution is 2.27. The minimum atomic E-state index is -0.631. The van der Waals surface area contributed by atoms with E-state index in [1.54, 1.807) is 13.8 Å². The van der Waals surface area contributed by atoms with E-state index in [9.17, 15) is 19.7 Å². The molecule has 108 valence electrons. The molecule has 0 heterocycles. The minimum absolute atomic E-state index is 0.0734. The number of hydrogen-bond donors (Lipinski definition) is 1. The molecule has 0 radical (unpaired) electrons. The number of nitrogens with zero attached hydrogens (tertiary/aromatic N) is 1. The molecular weight excluding hydrogens is 264 g/mol. The highest BCUT2D eigenvalue weighted by Gasteiger charge is 2.20. The van der Waals surface area contributed by atoms with Crippen molar-refractivity contribution in [1.82, 2.24) is 5.32 Å². The van der Waals surface area contributed by atoms with Gasteiger partial charge in [-0.3, -0.25) is 19.7 Å². The van der Waals surface area contributed by atoms with Gasteiger partial charge in [0.05, 0.1) is 18.1 Å². The molecule has 0 bridgehead atoms. The molecule has 0 saturated heterocycles. The molecular formula is C13H16N2O5. The first-order chi connectivity index (χ1) is 9.40. The fourth-order valence-electron chi connectivity index (χ4n) is 1.64. The summed E-state index contributed by atoms with van der Waals surface area (Å²) in [4.78, 5) is 33.6. The number of methoxy groups -OCH3 is 1. The molecule has 1 rings (SSSR count). The van der Waals surface area contributed by atoms with Crippen LogP contribution in [0.1, 0.15) is 30.6 Å². The first-order valence-electron chi connectivity index (χ1n) is 6.06. The Balaban J connectivity index is 2.97. The Morgan fingerprint density at radius 3 is 2.60 bits per heavy atom. The molecule has 0 spiro atoms. The van der Waals surface area contributed by atoms with Gasteiger partial charge in [-0.1, -0.05) is 6.92 Å². The lowest BCUT2D eigenvalue weighted by atomic mass is 10.1. The molecule has 0 aliphatic carbocycles. The average molecular weight is 280 g/mol. The maximum absolute atomic E-state index is 11.9. The van der Waals surface area contributed by atoms with Gasteiger partial charge in [0.1, 0.15) is 0 Å². The molecule has 0 aromatic heterocycles. The molecule has 1 amide bonds. The van der Waals surface area contributed by atoms with Crippen molar-refractivity contribution >= 4 is 17.4 Å². The lowest BCUT2D eigenvalue weighted by Crippen LogP contribution is -2.38. The van der Waals surface area contributed by atoms with Crippen molar-refractivity contribution in [2.24, 2.45) is 0 Å². The molecule has 1 aromatic rings. The molecule has 0 saturated carbocycles. The number of nitrogens with one attached hydrogen (secondary N) is 1. The van der Waals surface area contributed by atoms with E-state index in [4.69, 9.17) is 4.74 Å². The van der Waals surface area contributed by atoms with E-state index in [1.807, 2.05) is 0 Å². The lowest BCUT2D eigenvalue weighted by Gasteiger charge is -2.12. The second-order valence-corrected chi connectivity index (χ2v) is 4.16. The van der Waals surface area contributed by atoms with Crippen LogP contribution in [0, 0.1) is 10.1 Å². The molecule has 20 heavy (non-hydrogen) atoms. The predicted octanol–water partition coefficient (Wildman–Crippen LogP) is 1.70. The van der Waals surface area contributed by atoms with Gasteiger partial charge in [0.15, 0.2) is 11.5 Å². The summed E-state index contributed by atoms with van der Waals surface area (Å²) in [5.41, 5.74) is -0.192. The largest absolute Gasteiger partial charge is 0.490 e. The van der Waals surface area contributed by atoms with Gasteiger partial charge in [-0.05, 0) is 19.1 Å². The van der Waals surface area contributed by atoms with Crippen molar-refractivity contribution in [1.29, 1.82) is 0 Å². The van der Waals surface area contributed by atoms with Crippen LogP contribution < -0.4 is 10.1 Å². The third-order valence-electron chi connectivity index (χ3n) is 2.82. The van der Waals surface area contributed by atoms with Crippen LogP contribution in [0.4, 0.5) is 5.69 Å². The zero-order chi connectivity index (χ0) is 15.3. The van der Waals surface area contributed by atoms with Crippen LogP contribution in [0.3, 0.4) is 0 Å². The van der Waals surface area contributed by atoms with Gasteiger partial charge in [-0.15, -0.1) is 0 Å². The van der Waals surface area contributed by atoms with Gasteiger partial charge >= 0.3 is 5.69 Å². The molecule has 0 fully saturated rings. The fraction of sp³-hybridized carbons (Fsp3) is 0.385. The summed E-state index contributed by atoms with van der Waals surface area (Å²) in [5, 5.41) is 13.4. The summed E-state index contributed by atoms with van der Waals surface area (Å²) < 4.78 is 4.85. The van der Waals surface area contributed by atoms with Crippen molar-refractivity contribution in [3.63, 3.8) is 0 Å². The van der Waals surface area contributed by atoms with Crippen molar-refractivity contribution in [3.8, 4) is 5.75 Å². The number of rotatable bonds is 6. The van der Waals surface area contributed by atoms with E-state index in [1.165, 1.54) is 19.2 Å². The number of nitro groups is 1. The molecule has 7 heteroatoms. The zero-order valence-electron chi connectivity index (χ0n) is 11.5. The molecule has 1 atom stereocenters. The SMILES string of the molecule is CCC(=O)C(C)NC(=O)c1ccc(OC)c([N+](=O)[O-])c1. The molecule has 0 aliphatic rings. The number of Topliss-reactive ketones (excluding diaryl/α,β-unsaturated/α-hetero) is 1. The van der Waals surface area contributed by atoms with Crippen LogP contribution in [0.25, 0.3) is 0 Å². The monoisotopic (exact) mass is 280 g/mol. The van der Waals surface area contributed by atoms with E-state index in [0.717, 1.165) is 6.07 Å². The lowest BCUT2D eigenvalue weighted by molar-refractivity contribution is -0.385. The maximum Gasteiger partial charge on any atom is 0.311 e. The Kier molecular flexibility index (Phi) is 5.19. The maximum atomic E-state index is 11.9. The Bertz CT molecular complexity index is 542. The molecule has 0 aliphatic heterocycles. The van der Waals surface area contributed by atoms with Crippen LogP contribution in [-0.2, 0) is 4.79 Å². The summed E-state index contributed by atoms with van der Waals surface area (Å²) in [7, 11) is 1.31. The molecule has 1 aromatic carbocycles. The van der Waals surface area contributed by atoms with Crippen LogP contribution in [-0.4, -0.2) is 29.8 Å². The Morgan fingerprint density at radius 1 is 1.45 bits per heavy atom. The normalized spacial score (nSPS) is 11.6. The molecule has 1 N–H and O–H groups in total. The van der Waals surface area contributed by atoms with E-state index in [0.29, 0.717) is 6.42 Å². The third kappa shape index (κ3) is 3.53. The Hall–Kier alpha value is -2.44. The van der Waals surface area contributed by atoms with Gasteiger partial charge in [0.2, 0.25) is 0 Å². The predicted molar refractivity (Wildman–Crippen MR) is 71.9 cm³/mol. The number of hydrogen-bond acceptors (Lipinski definition) is 5. The Labute approximate surface area is 116 Å². The number of ketones is 1. The zero-order valence-corrected chi connectivity index (χ0v) is 11.5. The van der Waals surface area contributed by atoms with Crippen LogP contribution >= 0.6 is 0 Å². The van der Waals surface area contributed by atoms with Gasteiger partial charge in [-0.2, -0.15) is 0 Å². The van der Waals surface area contributed by atoms with Crippen LogP contribution in [0.5, 0.6) is 5.75 Å².